The van der Waals surface area contributed by atoms with Crippen molar-refractivity contribution in [2.24, 2.45) is 0 Å². The second-order valence-electron chi connectivity index (χ2n) is 4.50. The molecule has 2 nitrogen and oxygen atoms in total. The van der Waals surface area contributed by atoms with Gasteiger partial charge in [0.15, 0.2) is 0 Å². The molecular weight excluding hydrogens is 304 g/mol. The first-order chi connectivity index (χ1) is 8.63. The zero-order chi connectivity index (χ0) is 13.1. The predicted octanol–water partition coefficient (Wildman–Crippen LogP) is 3.47. The lowest BCUT2D eigenvalue weighted by molar-refractivity contribution is 0.0852. The molecule has 0 atom stereocenters. The predicted molar refractivity (Wildman–Crippen MR) is 71.2 cm³/mol. The molecule has 0 aliphatic carbocycles. The zero-order valence-electron chi connectivity index (χ0n) is 10.3. The van der Waals surface area contributed by atoms with Gasteiger partial charge in [-0.1, -0.05) is 15.9 Å². The van der Waals surface area contributed by atoms with Crippen LogP contribution in [0.25, 0.3) is 0 Å². The molecule has 0 amide bonds. The summed E-state index contributed by atoms with van der Waals surface area (Å²) in [7, 11) is 1.74. The van der Waals surface area contributed by atoms with Crippen LogP contribution in [0, 0.1) is 11.6 Å². The average Bonchev–Trinajstić information content (AvgIpc) is 2.38. The molecule has 1 heterocycles. The standard InChI is InChI=1S/C13H16BrF2NO/c1-17(10-2-4-18-5-3-10)13-11(15)6-9(8-14)7-12(13)16/h6-7,10H,2-5,8H2,1H3. The lowest BCUT2D eigenvalue weighted by Gasteiger charge is -2.33. The summed E-state index contributed by atoms with van der Waals surface area (Å²) in [6, 6.07) is 2.89. The Kier molecular flexibility index (Phi) is 4.56. The van der Waals surface area contributed by atoms with Gasteiger partial charge in [0.2, 0.25) is 0 Å². The Labute approximate surface area is 114 Å². The fourth-order valence-corrected chi connectivity index (χ4v) is 2.61. The van der Waals surface area contributed by atoms with Crippen molar-refractivity contribution in [3.8, 4) is 0 Å². The number of hydrogen-bond acceptors (Lipinski definition) is 2. The van der Waals surface area contributed by atoms with Crippen LogP contribution in [0.15, 0.2) is 12.1 Å². The third kappa shape index (κ3) is 2.83. The Bertz CT molecular complexity index is 398. The van der Waals surface area contributed by atoms with E-state index in [1.165, 1.54) is 12.1 Å². The summed E-state index contributed by atoms with van der Waals surface area (Å²) >= 11 is 3.20. The number of nitrogens with zero attached hydrogens (tertiary/aromatic N) is 1. The van der Waals surface area contributed by atoms with Gasteiger partial charge in [-0.15, -0.1) is 0 Å². The number of benzene rings is 1. The quantitative estimate of drug-likeness (QED) is 0.791. The summed E-state index contributed by atoms with van der Waals surface area (Å²) in [5, 5.41) is 0.447. The lowest BCUT2D eigenvalue weighted by Crippen LogP contribution is -2.37. The third-order valence-electron chi connectivity index (χ3n) is 3.32. The average molecular weight is 320 g/mol. The summed E-state index contributed by atoms with van der Waals surface area (Å²) in [5.74, 6) is -1.00. The van der Waals surface area contributed by atoms with E-state index in [2.05, 4.69) is 15.9 Å². The van der Waals surface area contributed by atoms with Gasteiger partial charge in [0.1, 0.15) is 17.3 Å². The molecule has 100 valence electrons. The molecule has 5 heteroatoms. The highest BCUT2D eigenvalue weighted by atomic mass is 79.9. The first kappa shape index (κ1) is 13.7. The van der Waals surface area contributed by atoms with Gasteiger partial charge in [0, 0.05) is 31.6 Å². The Hall–Kier alpha value is -0.680. The van der Waals surface area contributed by atoms with Gasteiger partial charge >= 0.3 is 0 Å². The van der Waals surface area contributed by atoms with Crippen LogP contribution in [0.4, 0.5) is 14.5 Å². The SMILES string of the molecule is CN(c1c(F)cc(CBr)cc1F)C1CCOCC1. The summed E-state index contributed by atoms with van der Waals surface area (Å²) in [6.45, 7) is 1.30. The van der Waals surface area contributed by atoms with Crippen LogP contribution in [0.3, 0.4) is 0 Å². The van der Waals surface area contributed by atoms with Gasteiger partial charge in [-0.25, -0.2) is 8.78 Å². The van der Waals surface area contributed by atoms with E-state index in [1.807, 2.05) is 0 Å². The van der Waals surface area contributed by atoms with Gasteiger partial charge in [0.05, 0.1) is 0 Å². The lowest BCUT2D eigenvalue weighted by atomic mass is 10.1. The van der Waals surface area contributed by atoms with Crippen molar-refractivity contribution < 1.29 is 13.5 Å². The molecular formula is C13H16BrF2NO. The molecule has 1 aromatic carbocycles. The summed E-state index contributed by atoms with van der Waals surface area (Å²) in [6.07, 6.45) is 1.60. The Morgan fingerprint density at radius 2 is 1.83 bits per heavy atom. The molecule has 1 aliphatic heterocycles. The molecule has 0 N–H and O–H groups in total. The number of rotatable bonds is 3. The van der Waals surface area contributed by atoms with Crippen molar-refractivity contribution in [2.75, 3.05) is 25.2 Å². The monoisotopic (exact) mass is 319 g/mol. The number of ether oxygens (including phenoxy) is 1. The van der Waals surface area contributed by atoms with Gasteiger partial charge < -0.3 is 9.64 Å². The fourth-order valence-electron chi connectivity index (χ4n) is 2.29. The normalized spacial score (nSPS) is 16.9. The van der Waals surface area contributed by atoms with E-state index in [0.717, 1.165) is 12.8 Å². The zero-order valence-corrected chi connectivity index (χ0v) is 11.8. The molecule has 18 heavy (non-hydrogen) atoms. The summed E-state index contributed by atoms with van der Waals surface area (Å²) in [4.78, 5) is 1.70. The second-order valence-corrected chi connectivity index (χ2v) is 5.06. The van der Waals surface area contributed by atoms with Crippen LogP contribution in [-0.2, 0) is 10.1 Å². The number of anilines is 1. The number of halogens is 3. The molecule has 1 aliphatic rings. The van der Waals surface area contributed by atoms with E-state index in [-0.39, 0.29) is 11.7 Å². The molecule has 0 spiro atoms. The highest BCUT2D eigenvalue weighted by Gasteiger charge is 2.23. The molecule has 0 saturated carbocycles. The number of alkyl halides is 1. The van der Waals surface area contributed by atoms with E-state index >= 15 is 0 Å². The maximum absolute atomic E-state index is 14.0. The maximum atomic E-state index is 14.0. The van der Waals surface area contributed by atoms with Gasteiger partial charge in [-0.3, -0.25) is 0 Å². The van der Waals surface area contributed by atoms with E-state index in [1.54, 1.807) is 11.9 Å². The molecule has 1 fully saturated rings. The highest BCUT2D eigenvalue weighted by Crippen LogP contribution is 2.28. The minimum absolute atomic E-state index is 0.0617. The van der Waals surface area contributed by atoms with Crippen LogP contribution >= 0.6 is 15.9 Å². The molecule has 1 aromatic rings. The second kappa shape index (κ2) is 5.97. The van der Waals surface area contributed by atoms with Crippen molar-refractivity contribution in [2.45, 2.75) is 24.2 Å². The molecule has 0 aromatic heterocycles. The molecule has 1 saturated heterocycles. The van der Waals surface area contributed by atoms with Gasteiger partial charge in [-0.2, -0.15) is 0 Å². The number of hydrogen-bond donors (Lipinski definition) is 0. The molecule has 0 radical (unpaired) electrons. The Morgan fingerprint density at radius 3 is 2.33 bits per heavy atom. The van der Waals surface area contributed by atoms with E-state index in [4.69, 9.17) is 4.74 Å². The van der Waals surface area contributed by atoms with Gasteiger partial charge in [-0.05, 0) is 30.5 Å². The van der Waals surface area contributed by atoms with Gasteiger partial charge in [0.25, 0.3) is 0 Å². The fraction of sp³-hybridized carbons (Fsp3) is 0.538. The van der Waals surface area contributed by atoms with Crippen LogP contribution in [0.1, 0.15) is 18.4 Å². The largest absolute Gasteiger partial charge is 0.381 e. The van der Waals surface area contributed by atoms with E-state index in [0.29, 0.717) is 24.1 Å². The topological polar surface area (TPSA) is 12.5 Å². The Balaban J connectivity index is 2.26. The maximum Gasteiger partial charge on any atom is 0.149 e. The minimum Gasteiger partial charge on any atom is -0.381 e. The van der Waals surface area contributed by atoms with Crippen LogP contribution in [0.2, 0.25) is 0 Å². The van der Waals surface area contributed by atoms with Crippen molar-refractivity contribution in [3.05, 3.63) is 29.3 Å². The summed E-state index contributed by atoms with van der Waals surface area (Å²) in [5.41, 5.74) is 0.667. The van der Waals surface area contributed by atoms with Crippen LogP contribution in [0.5, 0.6) is 0 Å². The van der Waals surface area contributed by atoms with Crippen molar-refractivity contribution in [1.82, 2.24) is 0 Å². The smallest absolute Gasteiger partial charge is 0.149 e. The van der Waals surface area contributed by atoms with E-state index < -0.39 is 11.6 Å². The first-order valence-corrected chi connectivity index (χ1v) is 7.10. The Morgan fingerprint density at radius 1 is 1.28 bits per heavy atom. The third-order valence-corrected chi connectivity index (χ3v) is 3.97. The van der Waals surface area contributed by atoms with E-state index in [9.17, 15) is 8.78 Å². The molecule has 0 bridgehead atoms. The van der Waals surface area contributed by atoms with Crippen molar-refractivity contribution in [1.29, 1.82) is 0 Å². The highest BCUT2D eigenvalue weighted by molar-refractivity contribution is 9.08. The molecule has 2 rings (SSSR count). The summed E-state index contributed by atoms with van der Waals surface area (Å²) < 4.78 is 33.2. The molecule has 0 unspecified atom stereocenters. The van der Waals surface area contributed by atoms with Crippen molar-refractivity contribution in [3.63, 3.8) is 0 Å². The first-order valence-electron chi connectivity index (χ1n) is 5.98. The minimum atomic E-state index is -0.501. The van der Waals surface area contributed by atoms with Crippen LogP contribution in [-0.4, -0.2) is 26.3 Å². The van der Waals surface area contributed by atoms with Crippen LogP contribution < -0.4 is 4.90 Å². The van der Waals surface area contributed by atoms with Crippen molar-refractivity contribution >= 4 is 21.6 Å².